The summed E-state index contributed by atoms with van der Waals surface area (Å²) in [7, 11) is -2.95. The highest BCUT2D eigenvalue weighted by atomic mass is 32.2. The van der Waals surface area contributed by atoms with Crippen molar-refractivity contribution in [1.29, 1.82) is 0 Å². The molecule has 0 bridgehead atoms. The van der Waals surface area contributed by atoms with Crippen molar-refractivity contribution >= 4 is 26.4 Å². The fourth-order valence-electron chi connectivity index (χ4n) is 3.33. The van der Waals surface area contributed by atoms with Crippen molar-refractivity contribution in [3.63, 3.8) is 0 Å². The van der Waals surface area contributed by atoms with Crippen LogP contribution in [-0.2, 0) is 9.84 Å². The van der Waals surface area contributed by atoms with Crippen LogP contribution in [0.5, 0.6) is 0 Å². The minimum Gasteiger partial charge on any atom is -0.382 e. The molecule has 2 aromatic rings. The molecule has 1 aliphatic carbocycles. The maximum Gasteiger partial charge on any atom is 0.150 e. The summed E-state index contributed by atoms with van der Waals surface area (Å²) in [5.74, 6) is 0. The predicted molar refractivity (Wildman–Crippen MR) is 91.0 cm³/mol. The molecule has 2 unspecified atom stereocenters. The zero-order valence-electron chi connectivity index (χ0n) is 13.0. The number of aryl methyl sites for hydroxylation is 1. The Hall–Kier alpha value is -1.62. The lowest BCUT2D eigenvalue weighted by Crippen LogP contribution is -2.34. The van der Waals surface area contributed by atoms with Crippen LogP contribution in [-0.4, -0.2) is 30.9 Å². The standard InChI is InChI=1S/C17H22N2O2S/c1-12-5-3-8-15-16(9-10-18-17(12)15)19-13-6-4-7-14(11-13)22(2,20)21/h3,5,8-10,13-14H,4,6-7,11H2,1-2H3,(H,18,19). The molecule has 0 radical (unpaired) electrons. The highest BCUT2D eigenvalue weighted by molar-refractivity contribution is 7.91. The molecule has 4 nitrogen and oxygen atoms in total. The van der Waals surface area contributed by atoms with Crippen molar-refractivity contribution in [2.24, 2.45) is 0 Å². The number of hydrogen-bond donors (Lipinski definition) is 1. The van der Waals surface area contributed by atoms with E-state index in [0.717, 1.165) is 41.4 Å². The number of nitrogens with zero attached hydrogens (tertiary/aromatic N) is 1. The second kappa shape index (κ2) is 5.88. The minimum atomic E-state index is -2.95. The van der Waals surface area contributed by atoms with Gasteiger partial charge in [-0.2, -0.15) is 0 Å². The first-order chi connectivity index (χ1) is 10.4. The van der Waals surface area contributed by atoms with Crippen molar-refractivity contribution in [2.45, 2.75) is 43.9 Å². The molecule has 1 N–H and O–H groups in total. The van der Waals surface area contributed by atoms with Gasteiger partial charge < -0.3 is 5.32 Å². The van der Waals surface area contributed by atoms with E-state index >= 15 is 0 Å². The molecule has 1 saturated carbocycles. The number of sulfone groups is 1. The van der Waals surface area contributed by atoms with Gasteiger partial charge >= 0.3 is 0 Å². The lowest BCUT2D eigenvalue weighted by atomic mass is 9.94. The van der Waals surface area contributed by atoms with Crippen LogP contribution in [0.2, 0.25) is 0 Å². The zero-order chi connectivity index (χ0) is 15.7. The van der Waals surface area contributed by atoms with Gasteiger partial charge in [0.1, 0.15) is 9.84 Å². The van der Waals surface area contributed by atoms with Crippen LogP contribution in [0.1, 0.15) is 31.2 Å². The van der Waals surface area contributed by atoms with E-state index in [2.05, 4.69) is 29.4 Å². The topological polar surface area (TPSA) is 59.1 Å². The fraction of sp³-hybridized carbons (Fsp3) is 0.471. The molecule has 1 fully saturated rings. The minimum absolute atomic E-state index is 0.208. The van der Waals surface area contributed by atoms with Crippen molar-refractivity contribution in [3.05, 3.63) is 36.0 Å². The molecule has 1 aromatic carbocycles. The average molecular weight is 318 g/mol. The number of benzene rings is 1. The summed E-state index contributed by atoms with van der Waals surface area (Å²) in [5, 5.41) is 4.44. The summed E-state index contributed by atoms with van der Waals surface area (Å²) in [6.45, 7) is 2.05. The van der Waals surface area contributed by atoms with Gasteiger partial charge in [0, 0.05) is 29.6 Å². The fourth-order valence-corrected chi connectivity index (χ4v) is 4.51. The zero-order valence-corrected chi connectivity index (χ0v) is 13.9. The Kier molecular flexibility index (Phi) is 4.08. The van der Waals surface area contributed by atoms with Crippen molar-refractivity contribution in [3.8, 4) is 0 Å². The van der Waals surface area contributed by atoms with Crippen LogP contribution in [0.4, 0.5) is 5.69 Å². The molecule has 0 aliphatic heterocycles. The summed E-state index contributed by atoms with van der Waals surface area (Å²) in [6.07, 6.45) is 6.61. The summed E-state index contributed by atoms with van der Waals surface area (Å²) < 4.78 is 23.6. The lowest BCUT2D eigenvalue weighted by Gasteiger charge is -2.29. The Morgan fingerprint density at radius 1 is 1.23 bits per heavy atom. The second-order valence-corrected chi connectivity index (χ2v) is 8.61. The number of fused-ring (bicyclic) bond motifs is 1. The Balaban J connectivity index is 1.86. The molecule has 118 valence electrons. The number of para-hydroxylation sites is 1. The maximum atomic E-state index is 11.8. The number of rotatable bonds is 3. The molecule has 22 heavy (non-hydrogen) atoms. The van der Waals surface area contributed by atoms with Gasteiger partial charge in [0.2, 0.25) is 0 Å². The summed E-state index contributed by atoms with van der Waals surface area (Å²) >= 11 is 0. The summed E-state index contributed by atoms with van der Waals surface area (Å²) in [5.41, 5.74) is 3.20. The third-order valence-corrected chi connectivity index (χ3v) is 6.20. The number of anilines is 1. The van der Waals surface area contributed by atoms with E-state index in [1.54, 1.807) is 0 Å². The Morgan fingerprint density at radius 2 is 2.05 bits per heavy atom. The van der Waals surface area contributed by atoms with Gasteiger partial charge in [-0.15, -0.1) is 0 Å². The molecule has 3 rings (SSSR count). The van der Waals surface area contributed by atoms with E-state index < -0.39 is 9.84 Å². The van der Waals surface area contributed by atoms with E-state index in [-0.39, 0.29) is 11.3 Å². The highest BCUT2D eigenvalue weighted by Crippen LogP contribution is 2.29. The largest absolute Gasteiger partial charge is 0.382 e. The maximum absolute atomic E-state index is 11.8. The van der Waals surface area contributed by atoms with Crippen molar-refractivity contribution in [1.82, 2.24) is 4.98 Å². The van der Waals surface area contributed by atoms with Gasteiger partial charge in [-0.05, 0) is 37.8 Å². The van der Waals surface area contributed by atoms with Gasteiger partial charge in [0.15, 0.2) is 0 Å². The predicted octanol–water partition coefficient (Wildman–Crippen LogP) is 3.31. The number of pyridine rings is 1. The van der Waals surface area contributed by atoms with E-state index in [9.17, 15) is 8.42 Å². The van der Waals surface area contributed by atoms with Gasteiger partial charge in [-0.25, -0.2) is 8.42 Å². The molecule has 0 saturated heterocycles. The number of nitrogens with one attached hydrogen (secondary N) is 1. The first-order valence-electron chi connectivity index (χ1n) is 7.75. The molecular weight excluding hydrogens is 296 g/mol. The Labute approximate surface area is 131 Å². The van der Waals surface area contributed by atoms with Crippen LogP contribution < -0.4 is 5.32 Å². The van der Waals surface area contributed by atoms with E-state index in [0.29, 0.717) is 6.42 Å². The molecule has 0 spiro atoms. The van der Waals surface area contributed by atoms with Crippen molar-refractivity contribution < 1.29 is 8.42 Å². The van der Waals surface area contributed by atoms with Crippen molar-refractivity contribution in [2.75, 3.05) is 11.6 Å². The number of aromatic nitrogens is 1. The third kappa shape index (κ3) is 3.09. The van der Waals surface area contributed by atoms with Crippen LogP contribution in [0.3, 0.4) is 0 Å². The van der Waals surface area contributed by atoms with Gasteiger partial charge in [-0.1, -0.05) is 24.6 Å². The van der Waals surface area contributed by atoms with Gasteiger partial charge in [0.25, 0.3) is 0 Å². The smallest absolute Gasteiger partial charge is 0.150 e. The normalized spacial score (nSPS) is 22.6. The Morgan fingerprint density at radius 3 is 2.82 bits per heavy atom. The highest BCUT2D eigenvalue weighted by Gasteiger charge is 2.28. The molecule has 1 aromatic heterocycles. The lowest BCUT2D eigenvalue weighted by molar-refractivity contribution is 0.453. The van der Waals surface area contributed by atoms with E-state index in [1.807, 2.05) is 18.3 Å². The molecule has 5 heteroatoms. The van der Waals surface area contributed by atoms with Gasteiger partial charge in [0.05, 0.1) is 10.8 Å². The first kappa shape index (κ1) is 15.3. The molecule has 2 atom stereocenters. The van der Waals surface area contributed by atoms with Crippen LogP contribution >= 0.6 is 0 Å². The monoisotopic (exact) mass is 318 g/mol. The third-order valence-electron chi connectivity index (χ3n) is 4.56. The Bertz CT molecular complexity index is 786. The molecule has 1 heterocycles. The number of hydrogen-bond acceptors (Lipinski definition) is 4. The van der Waals surface area contributed by atoms with Crippen LogP contribution in [0.25, 0.3) is 10.9 Å². The summed E-state index contributed by atoms with van der Waals surface area (Å²) in [4.78, 5) is 4.45. The van der Waals surface area contributed by atoms with Crippen LogP contribution in [0, 0.1) is 6.92 Å². The second-order valence-electron chi connectivity index (χ2n) is 6.29. The first-order valence-corrected chi connectivity index (χ1v) is 9.70. The van der Waals surface area contributed by atoms with Gasteiger partial charge in [-0.3, -0.25) is 4.98 Å². The molecule has 0 amide bonds. The van der Waals surface area contributed by atoms with Crippen LogP contribution in [0.15, 0.2) is 30.5 Å². The van der Waals surface area contributed by atoms with E-state index in [1.165, 1.54) is 6.26 Å². The quantitative estimate of drug-likeness (QED) is 0.943. The summed E-state index contributed by atoms with van der Waals surface area (Å²) in [6, 6.07) is 8.34. The molecular formula is C17H22N2O2S. The average Bonchev–Trinajstić information content (AvgIpc) is 2.48. The van der Waals surface area contributed by atoms with E-state index in [4.69, 9.17) is 0 Å². The SMILES string of the molecule is Cc1cccc2c(NC3CCCC(S(C)(=O)=O)C3)ccnc12. The molecule has 1 aliphatic rings.